The van der Waals surface area contributed by atoms with Gasteiger partial charge in [0, 0.05) is 31.2 Å². The number of likely N-dealkylation sites (tertiary alicyclic amines) is 1. The van der Waals surface area contributed by atoms with Gasteiger partial charge in [0.15, 0.2) is 0 Å². The summed E-state index contributed by atoms with van der Waals surface area (Å²) in [6, 6.07) is 8.06. The topological polar surface area (TPSA) is 15.7 Å². The summed E-state index contributed by atoms with van der Waals surface area (Å²) in [5, 5.41) is 0.787. The molecule has 2 heterocycles. The summed E-state index contributed by atoms with van der Waals surface area (Å²) in [5.41, 5.74) is 1.24. The van der Waals surface area contributed by atoms with Gasteiger partial charge in [-0.05, 0) is 43.6 Å². The average molecular weight is 295 g/mol. The Morgan fingerprint density at radius 1 is 1.00 bits per heavy atom. The molecular weight excluding hydrogens is 272 g/mol. The van der Waals surface area contributed by atoms with Crippen LogP contribution in [0.25, 0.3) is 0 Å². The molecule has 3 rings (SSSR count). The Hall–Kier alpha value is -0.610. The highest BCUT2D eigenvalue weighted by Crippen LogP contribution is 2.23. The van der Waals surface area contributed by atoms with Gasteiger partial charge < -0.3 is 9.64 Å². The smallest absolute Gasteiger partial charge is 0.0952 e. The highest BCUT2D eigenvalue weighted by molar-refractivity contribution is 6.30. The van der Waals surface area contributed by atoms with Crippen molar-refractivity contribution in [3.63, 3.8) is 0 Å². The van der Waals surface area contributed by atoms with E-state index in [4.69, 9.17) is 16.3 Å². The molecule has 0 spiro atoms. The van der Waals surface area contributed by atoms with E-state index in [0.717, 1.165) is 31.3 Å². The maximum Gasteiger partial charge on any atom is 0.0952 e. The van der Waals surface area contributed by atoms with E-state index in [9.17, 15) is 0 Å². The number of morpholine rings is 1. The fraction of sp³-hybridized carbons (Fsp3) is 0.625. The molecule has 0 bridgehead atoms. The Morgan fingerprint density at radius 3 is 2.45 bits per heavy atom. The minimum atomic E-state index is 0.194. The van der Waals surface area contributed by atoms with Gasteiger partial charge in [0.1, 0.15) is 0 Å². The normalized spacial score (nSPS) is 25.1. The summed E-state index contributed by atoms with van der Waals surface area (Å²) in [5.74, 6) is 0. The summed E-state index contributed by atoms with van der Waals surface area (Å²) >= 11 is 5.94. The molecule has 3 nitrogen and oxygen atoms in total. The molecule has 0 aliphatic carbocycles. The lowest BCUT2D eigenvalue weighted by atomic mass is 10.1. The molecule has 1 aromatic rings. The number of hydrogen-bond acceptors (Lipinski definition) is 3. The molecule has 2 fully saturated rings. The summed E-state index contributed by atoms with van der Waals surface area (Å²) in [4.78, 5) is 5.11. The molecule has 0 saturated carbocycles. The molecule has 110 valence electrons. The second-order valence-electron chi connectivity index (χ2n) is 5.76. The lowest BCUT2D eigenvalue weighted by Crippen LogP contribution is -2.42. The van der Waals surface area contributed by atoms with Crippen LogP contribution in [0.2, 0.25) is 5.02 Å². The van der Waals surface area contributed by atoms with Crippen LogP contribution in [-0.2, 0) is 4.74 Å². The van der Waals surface area contributed by atoms with Crippen LogP contribution in [0.15, 0.2) is 24.3 Å². The third-order valence-electron chi connectivity index (χ3n) is 4.32. The fourth-order valence-corrected chi connectivity index (χ4v) is 3.20. The lowest BCUT2D eigenvalue weighted by Gasteiger charge is -2.34. The third kappa shape index (κ3) is 3.73. The first-order valence-corrected chi connectivity index (χ1v) is 8.01. The standard InChI is InChI=1S/C16H23ClN2O/c17-15-5-3-14(4-6-15)16-13-19(11-12-20-16)10-9-18-7-1-2-8-18/h3-6,16H,1-2,7-13H2/t16-/m1/s1. The first-order chi connectivity index (χ1) is 9.81. The zero-order chi connectivity index (χ0) is 13.8. The number of benzene rings is 1. The third-order valence-corrected chi connectivity index (χ3v) is 4.58. The van der Waals surface area contributed by atoms with E-state index < -0.39 is 0 Å². The molecular formula is C16H23ClN2O. The molecule has 2 aliphatic rings. The highest BCUT2D eigenvalue weighted by Gasteiger charge is 2.22. The molecule has 4 heteroatoms. The van der Waals surface area contributed by atoms with E-state index in [-0.39, 0.29) is 6.10 Å². The van der Waals surface area contributed by atoms with Gasteiger partial charge in [0.25, 0.3) is 0 Å². The van der Waals surface area contributed by atoms with Gasteiger partial charge in [-0.25, -0.2) is 0 Å². The molecule has 0 N–H and O–H groups in total. The van der Waals surface area contributed by atoms with Gasteiger partial charge in [0.05, 0.1) is 12.7 Å². The van der Waals surface area contributed by atoms with Crippen LogP contribution in [-0.4, -0.2) is 55.7 Å². The van der Waals surface area contributed by atoms with E-state index in [1.165, 1.54) is 38.0 Å². The van der Waals surface area contributed by atoms with Gasteiger partial charge in [-0.3, -0.25) is 4.90 Å². The lowest BCUT2D eigenvalue weighted by molar-refractivity contribution is -0.0316. The van der Waals surface area contributed by atoms with Crippen LogP contribution in [0, 0.1) is 0 Å². The van der Waals surface area contributed by atoms with Gasteiger partial charge in [0.2, 0.25) is 0 Å². The zero-order valence-electron chi connectivity index (χ0n) is 11.9. The van der Waals surface area contributed by atoms with Crippen molar-refractivity contribution in [1.82, 2.24) is 9.80 Å². The van der Waals surface area contributed by atoms with Crippen molar-refractivity contribution in [2.45, 2.75) is 18.9 Å². The first kappa shape index (κ1) is 14.3. The molecule has 0 aromatic heterocycles. The second-order valence-corrected chi connectivity index (χ2v) is 6.20. The Bertz CT molecular complexity index is 417. The Kier molecular flexibility index (Phi) is 4.94. The van der Waals surface area contributed by atoms with Crippen LogP contribution in [0.3, 0.4) is 0 Å². The van der Waals surface area contributed by atoms with Crippen LogP contribution < -0.4 is 0 Å². The van der Waals surface area contributed by atoms with Crippen molar-refractivity contribution in [3.8, 4) is 0 Å². The quantitative estimate of drug-likeness (QED) is 0.849. The highest BCUT2D eigenvalue weighted by atomic mass is 35.5. The minimum absolute atomic E-state index is 0.194. The summed E-state index contributed by atoms with van der Waals surface area (Å²) in [6.07, 6.45) is 2.94. The maximum atomic E-state index is 5.94. The summed E-state index contributed by atoms with van der Waals surface area (Å²) in [6.45, 7) is 7.80. The van der Waals surface area contributed by atoms with Crippen molar-refractivity contribution in [3.05, 3.63) is 34.9 Å². The first-order valence-electron chi connectivity index (χ1n) is 7.63. The van der Waals surface area contributed by atoms with Crippen molar-refractivity contribution >= 4 is 11.6 Å². The minimum Gasteiger partial charge on any atom is -0.371 e. The molecule has 0 unspecified atom stereocenters. The Labute approximate surface area is 126 Å². The summed E-state index contributed by atoms with van der Waals surface area (Å²) in [7, 11) is 0. The van der Waals surface area contributed by atoms with E-state index >= 15 is 0 Å². The van der Waals surface area contributed by atoms with Gasteiger partial charge in [-0.1, -0.05) is 23.7 Å². The van der Waals surface area contributed by atoms with Gasteiger partial charge >= 0.3 is 0 Å². The number of rotatable bonds is 4. The molecule has 2 aliphatic heterocycles. The Morgan fingerprint density at radius 2 is 1.70 bits per heavy atom. The predicted octanol–water partition coefficient (Wildman–Crippen LogP) is 2.81. The van der Waals surface area contributed by atoms with Gasteiger partial charge in [-0.15, -0.1) is 0 Å². The van der Waals surface area contributed by atoms with Crippen LogP contribution >= 0.6 is 11.6 Å². The van der Waals surface area contributed by atoms with Crippen LogP contribution in [0.1, 0.15) is 24.5 Å². The molecule has 1 atom stereocenters. The average Bonchev–Trinajstić information content (AvgIpc) is 3.00. The number of ether oxygens (including phenoxy) is 1. The fourth-order valence-electron chi connectivity index (χ4n) is 3.07. The van der Waals surface area contributed by atoms with E-state index in [2.05, 4.69) is 21.9 Å². The zero-order valence-corrected chi connectivity index (χ0v) is 12.7. The van der Waals surface area contributed by atoms with Crippen molar-refractivity contribution in [2.75, 3.05) is 45.9 Å². The maximum absolute atomic E-state index is 5.94. The predicted molar refractivity (Wildman–Crippen MR) is 82.3 cm³/mol. The van der Waals surface area contributed by atoms with Crippen molar-refractivity contribution in [2.24, 2.45) is 0 Å². The van der Waals surface area contributed by atoms with Crippen LogP contribution in [0.4, 0.5) is 0 Å². The van der Waals surface area contributed by atoms with E-state index in [1.54, 1.807) is 0 Å². The van der Waals surface area contributed by atoms with E-state index in [1.807, 2.05) is 12.1 Å². The number of nitrogens with zero attached hydrogens (tertiary/aromatic N) is 2. The molecule has 2 saturated heterocycles. The van der Waals surface area contributed by atoms with E-state index in [0.29, 0.717) is 0 Å². The monoisotopic (exact) mass is 294 g/mol. The molecule has 0 amide bonds. The SMILES string of the molecule is Clc1ccc([C@H]2CN(CCN3CCCC3)CCO2)cc1. The molecule has 0 radical (unpaired) electrons. The van der Waals surface area contributed by atoms with Crippen molar-refractivity contribution in [1.29, 1.82) is 0 Å². The second kappa shape index (κ2) is 6.90. The molecule has 1 aromatic carbocycles. The Balaban J connectivity index is 1.51. The summed E-state index contributed by atoms with van der Waals surface area (Å²) < 4.78 is 5.91. The number of hydrogen-bond donors (Lipinski definition) is 0. The van der Waals surface area contributed by atoms with Crippen molar-refractivity contribution < 1.29 is 4.74 Å². The molecule has 20 heavy (non-hydrogen) atoms. The van der Waals surface area contributed by atoms with Crippen LogP contribution in [0.5, 0.6) is 0 Å². The van der Waals surface area contributed by atoms with Gasteiger partial charge in [-0.2, -0.15) is 0 Å². The largest absolute Gasteiger partial charge is 0.371 e. The number of halogens is 1.